The van der Waals surface area contributed by atoms with Crippen LogP contribution in [0.3, 0.4) is 0 Å². The predicted molar refractivity (Wildman–Crippen MR) is 72.7 cm³/mol. The van der Waals surface area contributed by atoms with Crippen LogP contribution in [0.15, 0.2) is 36.5 Å². The van der Waals surface area contributed by atoms with Gasteiger partial charge in [0.25, 0.3) is 5.84 Å². The zero-order valence-corrected chi connectivity index (χ0v) is 12.4. The molecule has 0 bridgehead atoms. The number of nitriles is 1. The summed E-state index contributed by atoms with van der Waals surface area (Å²) in [4.78, 5) is 1.44. The largest absolute Gasteiger partial charge is 0.442 e. The lowest BCUT2D eigenvalue weighted by molar-refractivity contribution is -0.656. The maximum absolute atomic E-state index is 13.4. The van der Waals surface area contributed by atoms with E-state index in [0.29, 0.717) is 0 Å². The van der Waals surface area contributed by atoms with Gasteiger partial charge in [-0.05, 0) is 18.2 Å². The Morgan fingerprint density at radius 3 is 2.25 bits per heavy atom. The molecule has 0 saturated carbocycles. The van der Waals surface area contributed by atoms with Crippen molar-refractivity contribution in [1.82, 2.24) is 5.32 Å². The third-order valence-electron chi connectivity index (χ3n) is 3.53. The van der Waals surface area contributed by atoms with Crippen LogP contribution in [0.1, 0.15) is 5.56 Å². The second-order valence-corrected chi connectivity index (χ2v) is 5.46. The Morgan fingerprint density at radius 2 is 1.79 bits per heavy atom. The number of nitrogens with zero attached hydrogens (tertiary/aromatic N) is 1. The van der Waals surface area contributed by atoms with Gasteiger partial charge < -0.3 is 0 Å². The molecule has 2 rings (SSSR count). The van der Waals surface area contributed by atoms with Gasteiger partial charge in [0.2, 0.25) is 0 Å². The van der Waals surface area contributed by atoms with Gasteiger partial charge in [-0.15, -0.1) is 0 Å². The summed E-state index contributed by atoms with van der Waals surface area (Å²) in [6.07, 6.45) is -11.6. The van der Waals surface area contributed by atoms with E-state index in [1.54, 1.807) is 0 Å². The number of halogens is 7. The molecule has 0 aromatic heterocycles. The van der Waals surface area contributed by atoms with Crippen molar-refractivity contribution >= 4 is 17.4 Å². The summed E-state index contributed by atoms with van der Waals surface area (Å²) in [5, 5.41) is 11.3. The highest BCUT2D eigenvalue weighted by Crippen LogP contribution is 2.46. The lowest BCUT2D eigenvalue weighted by Gasteiger charge is -2.37. The summed E-state index contributed by atoms with van der Waals surface area (Å²) in [6, 6.07) is 6.24. The third kappa shape index (κ3) is 2.71. The molecule has 1 aliphatic rings. The molecule has 0 saturated heterocycles. The maximum Gasteiger partial charge on any atom is 0.442 e. The summed E-state index contributed by atoms with van der Waals surface area (Å²) in [7, 11) is 0. The minimum absolute atomic E-state index is 0.0436. The Hall–Kier alpha value is -2.21. The fourth-order valence-electron chi connectivity index (χ4n) is 2.39. The molecule has 0 aliphatic carbocycles. The monoisotopic (exact) mass is 368 g/mol. The number of rotatable bonds is 1. The minimum Gasteiger partial charge on any atom is -0.250 e. The second-order valence-electron chi connectivity index (χ2n) is 5.03. The number of nitrogens with one attached hydrogen (secondary N) is 2. The third-order valence-corrected chi connectivity index (χ3v) is 3.76. The van der Waals surface area contributed by atoms with Crippen LogP contribution in [0, 0.1) is 17.2 Å². The van der Waals surface area contributed by atoms with E-state index in [0.717, 1.165) is 6.07 Å². The van der Waals surface area contributed by atoms with Crippen LogP contribution in [-0.4, -0.2) is 23.7 Å². The summed E-state index contributed by atoms with van der Waals surface area (Å²) in [5.41, 5.74) is -5.26. The molecule has 1 atom stereocenters. The molecule has 128 valence electrons. The zero-order valence-electron chi connectivity index (χ0n) is 11.7. The summed E-state index contributed by atoms with van der Waals surface area (Å²) in [5.74, 6) is -3.20. The van der Waals surface area contributed by atoms with Gasteiger partial charge >= 0.3 is 17.9 Å². The highest BCUT2D eigenvalue weighted by Gasteiger charge is 2.79. The minimum atomic E-state index is -5.81. The van der Waals surface area contributed by atoms with E-state index >= 15 is 0 Å². The maximum atomic E-state index is 13.4. The average Bonchev–Trinajstić information content (AvgIpc) is 2.43. The van der Waals surface area contributed by atoms with Gasteiger partial charge in [-0.1, -0.05) is 24.2 Å². The first-order valence-electron chi connectivity index (χ1n) is 6.34. The quantitative estimate of drug-likeness (QED) is 0.747. The van der Waals surface area contributed by atoms with E-state index in [1.165, 1.54) is 29.3 Å². The Labute approximate surface area is 137 Å². The van der Waals surface area contributed by atoms with Crippen molar-refractivity contribution in [2.75, 3.05) is 0 Å². The van der Waals surface area contributed by atoms with E-state index in [4.69, 9.17) is 16.9 Å². The van der Waals surface area contributed by atoms with Gasteiger partial charge in [0.15, 0.2) is 5.92 Å². The van der Waals surface area contributed by atoms with Crippen LogP contribution < -0.4 is 10.3 Å². The van der Waals surface area contributed by atoms with Crippen molar-refractivity contribution < 1.29 is 31.3 Å². The van der Waals surface area contributed by atoms with Crippen molar-refractivity contribution in [2.24, 2.45) is 5.92 Å². The van der Waals surface area contributed by atoms with Crippen molar-refractivity contribution in [2.45, 2.75) is 17.9 Å². The Bertz CT molecular complexity index is 730. The Kier molecular flexibility index (Phi) is 4.31. The van der Waals surface area contributed by atoms with Crippen molar-refractivity contribution in [3.63, 3.8) is 0 Å². The fourth-order valence-corrected chi connectivity index (χ4v) is 2.58. The highest BCUT2D eigenvalue weighted by molar-refractivity contribution is 6.31. The van der Waals surface area contributed by atoms with E-state index in [2.05, 4.69) is 11.9 Å². The van der Waals surface area contributed by atoms with E-state index in [1.807, 2.05) is 0 Å². The van der Waals surface area contributed by atoms with Crippen molar-refractivity contribution in [3.05, 3.63) is 47.1 Å². The molecular formula is C14H9ClF6N3+. The first kappa shape index (κ1) is 18.1. The Morgan fingerprint density at radius 1 is 1.21 bits per heavy atom. The van der Waals surface area contributed by atoms with E-state index in [-0.39, 0.29) is 10.6 Å². The topological polar surface area (TPSA) is 49.8 Å². The molecular weight excluding hydrogens is 360 g/mol. The van der Waals surface area contributed by atoms with Gasteiger partial charge in [-0.3, -0.25) is 4.99 Å². The second kappa shape index (κ2) is 5.70. The number of alkyl halides is 6. The average molecular weight is 369 g/mol. The van der Waals surface area contributed by atoms with Gasteiger partial charge in [0.1, 0.15) is 5.70 Å². The fraction of sp³-hybridized carbons (Fsp3) is 0.286. The number of hydrogen-bond donors (Lipinski definition) is 2. The number of amidine groups is 1. The lowest BCUT2D eigenvalue weighted by Crippen LogP contribution is -3.01. The first-order chi connectivity index (χ1) is 10.9. The molecule has 0 spiro atoms. The van der Waals surface area contributed by atoms with Crippen molar-refractivity contribution in [1.29, 1.82) is 5.26 Å². The van der Waals surface area contributed by atoms with E-state index in [9.17, 15) is 26.3 Å². The zero-order chi connectivity index (χ0) is 18.3. The molecule has 0 unspecified atom stereocenters. The van der Waals surface area contributed by atoms with Crippen LogP contribution in [0.4, 0.5) is 26.3 Å². The number of benzene rings is 1. The SMILES string of the molecule is C=C1NC(c2cccc(Cl)c2)=[NH+]C(C(F)(F)F)(C(F)(F)F)[C@@H]1C#N. The molecule has 1 aliphatic heterocycles. The molecule has 1 aromatic rings. The molecule has 10 heteroatoms. The van der Waals surface area contributed by atoms with Crippen LogP contribution in [0.25, 0.3) is 0 Å². The Balaban J connectivity index is 2.79. The van der Waals surface area contributed by atoms with Gasteiger partial charge in [-0.25, -0.2) is 5.32 Å². The standard InChI is InChI=1S/C14H8ClF6N3/c1-7-10(6-22)12(13(16,17)18,14(19,20)21)24-11(23-7)8-3-2-4-9(15)5-8/h2-5,10H,1H2,(H,23,24)/p+1/t10-/m1/s1. The smallest absolute Gasteiger partial charge is 0.250 e. The number of hydrogen-bond acceptors (Lipinski definition) is 2. The van der Waals surface area contributed by atoms with Crippen LogP contribution >= 0.6 is 11.6 Å². The van der Waals surface area contributed by atoms with Crippen LogP contribution in [0.5, 0.6) is 0 Å². The van der Waals surface area contributed by atoms with Gasteiger partial charge in [0, 0.05) is 5.02 Å². The molecule has 3 nitrogen and oxygen atoms in total. The predicted octanol–water partition coefficient (Wildman–Crippen LogP) is 2.29. The van der Waals surface area contributed by atoms with Gasteiger partial charge in [0.05, 0.1) is 11.6 Å². The highest BCUT2D eigenvalue weighted by atomic mass is 35.5. The van der Waals surface area contributed by atoms with Crippen LogP contribution in [-0.2, 0) is 0 Å². The summed E-state index contributed by atoms with van der Waals surface area (Å²) < 4.78 is 80.6. The summed E-state index contributed by atoms with van der Waals surface area (Å²) >= 11 is 5.72. The van der Waals surface area contributed by atoms with E-state index < -0.39 is 35.3 Å². The molecule has 1 aromatic carbocycles. The van der Waals surface area contributed by atoms with Crippen LogP contribution in [0.2, 0.25) is 5.02 Å². The molecule has 0 radical (unpaired) electrons. The molecule has 2 N–H and O–H groups in total. The summed E-state index contributed by atoms with van der Waals surface area (Å²) in [6.45, 7) is 3.16. The first-order valence-corrected chi connectivity index (χ1v) is 6.72. The molecule has 0 amide bonds. The normalized spacial score (nSPS) is 20.8. The lowest BCUT2D eigenvalue weighted by atomic mass is 9.80. The molecule has 0 fully saturated rings. The van der Waals surface area contributed by atoms with Crippen molar-refractivity contribution in [3.8, 4) is 6.07 Å². The molecule has 24 heavy (non-hydrogen) atoms. The van der Waals surface area contributed by atoms with Gasteiger partial charge in [-0.2, -0.15) is 31.6 Å². The molecule has 1 heterocycles.